The van der Waals surface area contributed by atoms with Gasteiger partial charge in [-0.1, -0.05) is 192 Å². The first kappa shape index (κ1) is 53.2. The number of benzene rings is 12. The van der Waals surface area contributed by atoms with Crippen molar-refractivity contribution < 1.29 is 0 Å². The molecule has 1 atom stereocenters. The largest absolute Gasteiger partial charge is 0.295 e. The maximum absolute atomic E-state index is 2.64. The fraction of sp³-hybridized carbons (Fsp3) is 0.111. The standard InChI is InChI=1S/C90H62B2N8/c1-4-6-23-51(5-2)50-90(3)62-44-52(54-46-76-84-77(47-54)98-73-37-20-16-33-69(73)94-65-29-12-8-25-59(65)81(87(94)98)91(84)80-58-24-7-11-28-64(58)93-68-32-15-19-36-72(68)97(76)86(80)93)40-42-56(62)57-43-41-53(45-63(57)90)55-48-78-85-79(49-55)100-75-39-22-18-35-71(75)96-67-31-14-10-27-61(67)83(89(96)100)92(85)82-60-26-9-13-30-66(60)95-70-34-17-21-38-74(70)99(78)88(82)95/h7-22,24-49,51H,4-6,23,50H2,1-3H3. The molecule has 0 saturated carbocycles. The summed E-state index contributed by atoms with van der Waals surface area (Å²) in [6, 6.07) is 98.7. The van der Waals surface area contributed by atoms with E-state index in [1.165, 1.54) is 230 Å². The number of imidazole rings is 4. The van der Waals surface area contributed by atoms with Crippen LogP contribution < -0.4 is 32.8 Å². The molecular formula is C90H62B2N8. The van der Waals surface area contributed by atoms with E-state index in [9.17, 15) is 0 Å². The van der Waals surface area contributed by atoms with Crippen molar-refractivity contribution in [1.82, 2.24) is 35.9 Å². The van der Waals surface area contributed by atoms with Crippen molar-refractivity contribution in [3.05, 3.63) is 266 Å². The Morgan fingerprint density at radius 1 is 0.310 bits per heavy atom. The van der Waals surface area contributed by atoms with Crippen molar-refractivity contribution >= 4 is 157 Å². The van der Waals surface area contributed by atoms with Gasteiger partial charge in [0.25, 0.3) is 13.4 Å². The van der Waals surface area contributed by atoms with Gasteiger partial charge in [-0.25, -0.2) is 0 Å². The smallest absolute Gasteiger partial charge is 0.258 e. The molecule has 5 aliphatic rings. The summed E-state index contributed by atoms with van der Waals surface area (Å²) in [6.07, 6.45) is 5.85. The van der Waals surface area contributed by atoms with E-state index in [1.807, 2.05) is 0 Å². The van der Waals surface area contributed by atoms with Gasteiger partial charge in [0, 0.05) is 28.2 Å². The summed E-state index contributed by atoms with van der Waals surface area (Å²) < 4.78 is 20.8. The highest BCUT2D eigenvalue weighted by Gasteiger charge is 2.49. The maximum atomic E-state index is 2.64. The Balaban J connectivity index is 0.734. The molecule has 25 rings (SSSR count). The van der Waals surface area contributed by atoms with Gasteiger partial charge < -0.3 is 0 Å². The summed E-state index contributed by atoms with van der Waals surface area (Å²) in [5, 5.41) is 5.26. The third-order valence-electron chi connectivity index (χ3n) is 25.2. The van der Waals surface area contributed by atoms with Gasteiger partial charge in [-0.05, 0) is 220 Å². The van der Waals surface area contributed by atoms with E-state index in [1.54, 1.807) is 0 Å². The van der Waals surface area contributed by atoms with Gasteiger partial charge in [-0.3, -0.25) is 35.9 Å². The summed E-state index contributed by atoms with van der Waals surface area (Å²) in [7, 11) is 0. The quantitative estimate of drug-likeness (QED) is 0.136. The van der Waals surface area contributed by atoms with Crippen LogP contribution in [-0.2, 0) is 5.41 Å². The lowest BCUT2D eigenvalue weighted by Gasteiger charge is -2.33. The zero-order valence-corrected chi connectivity index (χ0v) is 55.6. The Morgan fingerprint density at radius 3 is 0.900 bits per heavy atom. The van der Waals surface area contributed by atoms with Crippen LogP contribution in [0.25, 0.3) is 166 Å². The third kappa shape index (κ3) is 6.05. The Labute approximate surface area is 575 Å². The highest BCUT2D eigenvalue weighted by atomic mass is 15.2. The molecule has 468 valence electrons. The molecular weight excluding hydrogens is 1210 g/mol. The fourth-order valence-corrected chi connectivity index (χ4v) is 21.3. The molecule has 0 bridgehead atoms. The van der Waals surface area contributed by atoms with Gasteiger partial charge in [-0.15, -0.1) is 0 Å². The van der Waals surface area contributed by atoms with Crippen molar-refractivity contribution in [1.29, 1.82) is 0 Å². The van der Waals surface area contributed by atoms with Crippen LogP contribution in [0, 0.1) is 5.92 Å². The van der Waals surface area contributed by atoms with Gasteiger partial charge >= 0.3 is 0 Å². The minimum atomic E-state index is -0.298. The molecule has 0 fully saturated rings. The van der Waals surface area contributed by atoms with Gasteiger partial charge in [0.1, 0.15) is 22.6 Å². The summed E-state index contributed by atoms with van der Waals surface area (Å²) in [5.74, 6) is 0.547. The van der Waals surface area contributed by atoms with Crippen LogP contribution >= 0.6 is 0 Å². The zero-order chi connectivity index (χ0) is 65.0. The molecule has 12 aromatic carbocycles. The molecule has 4 aliphatic heterocycles. The predicted octanol–water partition coefficient (Wildman–Crippen LogP) is 17.6. The molecule has 12 heterocycles. The van der Waals surface area contributed by atoms with E-state index in [-0.39, 0.29) is 18.8 Å². The molecule has 0 amide bonds. The van der Waals surface area contributed by atoms with E-state index in [0.29, 0.717) is 5.92 Å². The zero-order valence-electron chi connectivity index (χ0n) is 55.6. The molecule has 0 N–H and O–H groups in total. The second kappa shape index (κ2) is 18.3. The summed E-state index contributed by atoms with van der Waals surface area (Å²) in [5.41, 5.74) is 43.5. The molecule has 1 aliphatic carbocycles. The second-order valence-corrected chi connectivity index (χ2v) is 29.9. The number of para-hydroxylation sites is 12. The highest BCUT2D eigenvalue weighted by molar-refractivity contribution is 7.03. The van der Waals surface area contributed by atoms with Crippen LogP contribution in [-0.4, -0.2) is 49.3 Å². The van der Waals surface area contributed by atoms with Crippen molar-refractivity contribution in [2.24, 2.45) is 5.92 Å². The number of unbranched alkanes of at least 4 members (excludes halogenated alkanes) is 1. The third-order valence-corrected chi connectivity index (χ3v) is 25.2. The Morgan fingerprint density at radius 2 is 0.600 bits per heavy atom. The van der Waals surface area contributed by atoms with Gasteiger partial charge in [0.2, 0.25) is 0 Å². The second-order valence-electron chi connectivity index (χ2n) is 29.9. The van der Waals surface area contributed by atoms with Crippen molar-refractivity contribution in [3.8, 4) is 56.1 Å². The van der Waals surface area contributed by atoms with Crippen molar-refractivity contribution in [3.63, 3.8) is 0 Å². The van der Waals surface area contributed by atoms with E-state index in [0.717, 1.165) is 12.8 Å². The minimum absolute atomic E-state index is 0.0143. The van der Waals surface area contributed by atoms with E-state index >= 15 is 0 Å². The van der Waals surface area contributed by atoms with Crippen LogP contribution in [0.1, 0.15) is 64.0 Å². The van der Waals surface area contributed by atoms with Crippen LogP contribution in [0.4, 0.5) is 0 Å². The summed E-state index contributed by atoms with van der Waals surface area (Å²) >= 11 is 0. The van der Waals surface area contributed by atoms with Gasteiger partial charge in [0.05, 0.1) is 66.2 Å². The molecule has 8 aromatic heterocycles. The number of aromatic nitrogens is 8. The fourth-order valence-electron chi connectivity index (χ4n) is 21.3. The maximum Gasteiger partial charge on any atom is 0.258 e. The topological polar surface area (TPSA) is 37.4 Å². The van der Waals surface area contributed by atoms with E-state index < -0.39 is 0 Å². The molecule has 8 nitrogen and oxygen atoms in total. The monoisotopic (exact) mass is 1280 g/mol. The lowest BCUT2D eigenvalue weighted by atomic mass is 9.34. The lowest BCUT2D eigenvalue weighted by Crippen LogP contribution is -2.59. The molecule has 10 heteroatoms. The van der Waals surface area contributed by atoms with E-state index in [2.05, 4.69) is 311 Å². The average molecular weight is 1280 g/mol. The van der Waals surface area contributed by atoms with Crippen LogP contribution in [0.2, 0.25) is 0 Å². The highest BCUT2D eigenvalue weighted by Crippen LogP contribution is 2.55. The number of hydrogen-bond donors (Lipinski definition) is 0. The van der Waals surface area contributed by atoms with E-state index in [4.69, 9.17) is 0 Å². The average Bonchev–Trinajstić information content (AvgIpc) is 1.48. The normalized spacial score (nSPS) is 14.6. The molecule has 100 heavy (non-hydrogen) atoms. The molecule has 1 unspecified atom stereocenters. The van der Waals surface area contributed by atoms with Crippen LogP contribution in [0.15, 0.2) is 255 Å². The predicted molar refractivity (Wildman–Crippen MR) is 418 cm³/mol. The van der Waals surface area contributed by atoms with Crippen LogP contribution in [0.5, 0.6) is 0 Å². The number of rotatable bonds is 8. The van der Waals surface area contributed by atoms with Gasteiger partial charge in [0.15, 0.2) is 0 Å². The Kier molecular flexibility index (Phi) is 9.72. The van der Waals surface area contributed by atoms with Crippen LogP contribution in [0.3, 0.4) is 0 Å². The lowest BCUT2D eigenvalue weighted by molar-refractivity contribution is 0.348. The van der Waals surface area contributed by atoms with Crippen molar-refractivity contribution in [2.75, 3.05) is 0 Å². The summed E-state index contributed by atoms with van der Waals surface area (Å²) in [6.45, 7) is 7.39. The first-order valence-corrected chi connectivity index (χ1v) is 36.2. The molecule has 0 radical (unpaired) electrons. The molecule has 0 saturated heterocycles. The number of fused-ring (bicyclic) bond motifs is 35. The first-order valence-electron chi connectivity index (χ1n) is 36.2. The molecule has 20 aromatic rings. The summed E-state index contributed by atoms with van der Waals surface area (Å²) in [4.78, 5) is 0. The SMILES string of the molecule is CCCCC(CC)CC1(C)c2cc(-c3cc4c5c(c3)-n3c6ccccc6n6c7ccccc7c(c36)B5c3c5ccccc5n5c6ccccc6n-4c35)ccc2-c2ccc(-c3cc4c5c(c3)-n3c6ccccc6n6c7ccccc7c(c36)B5c3c5ccccc5n5c6ccccc6n-4c35)cc21. The van der Waals surface area contributed by atoms with Gasteiger partial charge in [-0.2, -0.15) is 0 Å². The number of nitrogens with zero attached hydrogens (tertiary/aromatic N) is 8. The molecule has 0 spiro atoms. The van der Waals surface area contributed by atoms with Crippen molar-refractivity contribution in [2.45, 2.75) is 58.3 Å². The Bertz CT molecular complexity index is 6450. The minimum Gasteiger partial charge on any atom is -0.295 e. The number of hydrogen-bond acceptors (Lipinski definition) is 0. The Hall–Kier alpha value is -11.9. The first-order chi connectivity index (χ1) is 49.5.